The molecule has 12 heavy (non-hydrogen) atoms. The van der Waals surface area contributed by atoms with Gasteiger partial charge in [0.05, 0.1) is 12.0 Å². The summed E-state index contributed by atoms with van der Waals surface area (Å²) in [5.74, 6) is -0.0435. The Morgan fingerprint density at radius 2 is 2.42 bits per heavy atom. The number of aromatic nitrogens is 2. The van der Waals surface area contributed by atoms with Crippen molar-refractivity contribution >= 4 is 12.0 Å². The number of carbonyl (C=O) groups excluding carboxylic acids is 1. The minimum absolute atomic E-state index is 0.0435. The van der Waals surface area contributed by atoms with Gasteiger partial charge in [-0.2, -0.15) is 0 Å². The topological polar surface area (TPSA) is 49.0 Å². The number of imidazole rings is 1. The highest BCUT2D eigenvalue weighted by Crippen LogP contribution is 1.94. The fourth-order valence-corrected chi connectivity index (χ4v) is 0.669. The van der Waals surface area contributed by atoms with Crippen LogP contribution in [0, 0.1) is 0 Å². The first-order chi connectivity index (χ1) is 5.70. The molecule has 0 fully saturated rings. The van der Waals surface area contributed by atoms with Crippen LogP contribution in [-0.4, -0.2) is 34.9 Å². The van der Waals surface area contributed by atoms with Gasteiger partial charge in [0.1, 0.15) is 0 Å². The van der Waals surface area contributed by atoms with Gasteiger partial charge in [-0.15, -0.1) is 0 Å². The van der Waals surface area contributed by atoms with Gasteiger partial charge in [-0.3, -0.25) is 4.79 Å². The molecule has 0 aliphatic carbocycles. The maximum Gasteiger partial charge on any atom is 0.246 e. The quantitative estimate of drug-likeness (QED) is 0.649. The summed E-state index contributed by atoms with van der Waals surface area (Å²) >= 11 is 0. The SMILES string of the molecule is CN(C)C(=O)C=Cc1c[nH]cn1. The normalized spacial score (nSPS) is 10.5. The molecule has 0 bridgehead atoms. The lowest BCUT2D eigenvalue weighted by molar-refractivity contribution is -0.123. The molecule has 1 rings (SSSR count). The highest BCUT2D eigenvalue weighted by molar-refractivity contribution is 5.91. The van der Waals surface area contributed by atoms with Gasteiger partial charge in [-0.25, -0.2) is 4.98 Å². The first-order valence-electron chi connectivity index (χ1n) is 3.58. The minimum atomic E-state index is -0.0435. The number of nitrogens with zero attached hydrogens (tertiary/aromatic N) is 2. The van der Waals surface area contributed by atoms with Crippen LogP contribution in [0.2, 0.25) is 0 Å². The van der Waals surface area contributed by atoms with Gasteiger partial charge in [0.2, 0.25) is 5.91 Å². The fraction of sp³-hybridized carbons (Fsp3) is 0.250. The van der Waals surface area contributed by atoms with E-state index in [-0.39, 0.29) is 5.91 Å². The summed E-state index contributed by atoms with van der Waals surface area (Å²) in [6.45, 7) is 0. The first-order valence-corrected chi connectivity index (χ1v) is 3.58. The summed E-state index contributed by atoms with van der Waals surface area (Å²) in [5, 5.41) is 0. The lowest BCUT2D eigenvalue weighted by Crippen LogP contribution is -2.18. The Kier molecular flexibility index (Phi) is 2.63. The molecule has 0 aliphatic rings. The highest BCUT2D eigenvalue weighted by atomic mass is 16.2. The van der Waals surface area contributed by atoms with E-state index in [4.69, 9.17) is 0 Å². The van der Waals surface area contributed by atoms with E-state index in [9.17, 15) is 4.79 Å². The Morgan fingerprint density at radius 3 is 2.92 bits per heavy atom. The van der Waals surface area contributed by atoms with Gasteiger partial charge >= 0.3 is 0 Å². The zero-order valence-corrected chi connectivity index (χ0v) is 7.11. The average molecular weight is 165 g/mol. The largest absolute Gasteiger partial charge is 0.351 e. The lowest BCUT2D eigenvalue weighted by Gasteiger charge is -2.04. The van der Waals surface area contributed by atoms with Crippen molar-refractivity contribution in [2.75, 3.05) is 14.1 Å². The predicted octanol–water partition coefficient (Wildman–Crippen LogP) is 0.511. The molecule has 64 valence electrons. The Hall–Kier alpha value is -1.58. The molecule has 0 aliphatic heterocycles. The molecular formula is C8H11N3O. The lowest BCUT2D eigenvalue weighted by atomic mass is 10.4. The van der Waals surface area contributed by atoms with Crippen molar-refractivity contribution in [1.82, 2.24) is 14.9 Å². The summed E-state index contributed by atoms with van der Waals surface area (Å²) in [4.78, 5) is 19.3. The fourth-order valence-electron chi connectivity index (χ4n) is 0.669. The van der Waals surface area contributed by atoms with Crippen molar-refractivity contribution in [2.45, 2.75) is 0 Å². The zero-order valence-electron chi connectivity index (χ0n) is 7.11. The van der Waals surface area contributed by atoms with Crippen LogP contribution in [0.25, 0.3) is 6.08 Å². The van der Waals surface area contributed by atoms with Crippen molar-refractivity contribution in [3.8, 4) is 0 Å². The maximum atomic E-state index is 11.0. The van der Waals surface area contributed by atoms with E-state index in [1.807, 2.05) is 0 Å². The van der Waals surface area contributed by atoms with E-state index in [0.29, 0.717) is 0 Å². The standard InChI is InChI=1S/C8H11N3O/c1-11(2)8(12)4-3-7-5-9-6-10-7/h3-6H,1-2H3,(H,9,10). The summed E-state index contributed by atoms with van der Waals surface area (Å²) in [6.07, 6.45) is 6.44. The summed E-state index contributed by atoms with van der Waals surface area (Å²) in [5.41, 5.74) is 0.755. The van der Waals surface area contributed by atoms with Crippen LogP contribution < -0.4 is 0 Å². The first kappa shape index (κ1) is 8.52. The van der Waals surface area contributed by atoms with Crippen LogP contribution >= 0.6 is 0 Å². The van der Waals surface area contributed by atoms with Gasteiger partial charge in [0.15, 0.2) is 0 Å². The van der Waals surface area contributed by atoms with Crippen molar-refractivity contribution in [2.24, 2.45) is 0 Å². The second-order valence-electron chi connectivity index (χ2n) is 2.56. The molecule has 1 aromatic rings. The van der Waals surface area contributed by atoms with E-state index < -0.39 is 0 Å². The van der Waals surface area contributed by atoms with Gasteiger partial charge in [-0.05, 0) is 6.08 Å². The van der Waals surface area contributed by atoms with Gasteiger partial charge < -0.3 is 9.88 Å². The van der Waals surface area contributed by atoms with Crippen LogP contribution in [0.15, 0.2) is 18.6 Å². The number of rotatable bonds is 2. The van der Waals surface area contributed by atoms with Crippen molar-refractivity contribution in [3.05, 3.63) is 24.3 Å². The van der Waals surface area contributed by atoms with E-state index >= 15 is 0 Å². The summed E-state index contributed by atoms with van der Waals surface area (Å²) in [7, 11) is 3.41. The van der Waals surface area contributed by atoms with Crippen LogP contribution in [0.4, 0.5) is 0 Å². The third-order valence-electron chi connectivity index (χ3n) is 1.36. The monoisotopic (exact) mass is 165 g/mol. The zero-order chi connectivity index (χ0) is 8.97. The third kappa shape index (κ3) is 2.23. The van der Waals surface area contributed by atoms with Gasteiger partial charge in [0, 0.05) is 26.4 Å². The molecule has 1 aromatic heterocycles. The molecule has 0 aromatic carbocycles. The van der Waals surface area contributed by atoms with Crippen molar-refractivity contribution in [1.29, 1.82) is 0 Å². The van der Waals surface area contributed by atoms with E-state index in [1.165, 1.54) is 11.0 Å². The second-order valence-corrected chi connectivity index (χ2v) is 2.56. The highest BCUT2D eigenvalue weighted by Gasteiger charge is 1.96. The van der Waals surface area contributed by atoms with E-state index in [0.717, 1.165) is 5.69 Å². The molecule has 0 radical (unpaired) electrons. The number of amides is 1. The number of hydrogen-bond donors (Lipinski definition) is 1. The van der Waals surface area contributed by atoms with Crippen molar-refractivity contribution in [3.63, 3.8) is 0 Å². The maximum absolute atomic E-state index is 11.0. The van der Waals surface area contributed by atoms with Crippen LogP contribution in [-0.2, 0) is 4.79 Å². The second kappa shape index (κ2) is 3.71. The number of aromatic amines is 1. The molecule has 0 spiro atoms. The minimum Gasteiger partial charge on any atom is -0.351 e. The number of likely N-dealkylation sites (N-methyl/N-ethyl adjacent to an activating group) is 1. The Morgan fingerprint density at radius 1 is 1.67 bits per heavy atom. The van der Waals surface area contributed by atoms with E-state index in [1.54, 1.807) is 32.7 Å². The molecular weight excluding hydrogens is 154 g/mol. The Labute approximate surface area is 70.9 Å². The molecule has 0 saturated carbocycles. The Balaban J connectivity index is 2.57. The average Bonchev–Trinajstić information content (AvgIpc) is 2.51. The van der Waals surface area contributed by atoms with Crippen LogP contribution in [0.5, 0.6) is 0 Å². The molecule has 1 N–H and O–H groups in total. The van der Waals surface area contributed by atoms with Crippen LogP contribution in [0.1, 0.15) is 5.69 Å². The molecule has 0 atom stereocenters. The molecule has 4 nitrogen and oxygen atoms in total. The van der Waals surface area contributed by atoms with Crippen molar-refractivity contribution < 1.29 is 4.79 Å². The Bertz CT molecular complexity index is 275. The van der Waals surface area contributed by atoms with Gasteiger partial charge in [0.25, 0.3) is 0 Å². The number of nitrogens with one attached hydrogen (secondary N) is 1. The number of H-pyrrole nitrogens is 1. The molecule has 0 unspecified atom stereocenters. The summed E-state index contributed by atoms with van der Waals surface area (Å²) < 4.78 is 0. The number of carbonyl (C=O) groups is 1. The smallest absolute Gasteiger partial charge is 0.246 e. The van der Waals surface area contributed by atoms with Crippen LogP contribution in [0.3, 0.4) is 0 Å². The molecule has 1 amide bonds. The van der Waals surface area contributed by atoms with E-state index in [2.05, 4.69) is 9.97 Å². The van der Waals surface area contributed by atoms with Gasteiger partial charge in [-0.1, -0.05) is 0 Å². The molecule has 1 heterocycles. The molecule has 0 saturated heterocycles. The number of hydrogen-bond acceptors (Lipinski definition) is 2. The third-order valence-corrected chi connectivity index (χ3v) is 1.36. The predicted molar refractivity (Wildman–Crippen MR) is 46.3 cm³/mol. The molecule has 4 heteroatoms. The summed E-state index contributed by atoms with van der Waals surface area (Å²) in [6, 6.07) is 0.